The molecule has 0 saturated carbocycles. The van der Waals surface area contributed by atoms with Crippen molar-refractivity contribution in [2.75, 3.05) is 26.7 Å². The first kappa shape index (κ1) is 17.0. The number of furan rings is 1. The highest BCUT2D eigenvalue weighted by atomic mass is 32.1. The van der Waals surface area contributed by atoms with Crippen molar-refractivity contribution in [2.24, 2.45) is 0 Å². The molecule has 3 rings (SSSR count). The van der Waals surface area contributed by atoms with Crippen LogP contribution >= 0.6 is 11.3 Å². The fourth-order valence-corrected chi connectivity index (χ4v) is 3.97. The van der Waals surface area contributed by atoms with Gasteiger partial charge in [-0.2, -0.15) is 0 Å². The molecule has 0 radical (unpaired) electrons. The van der Waals surface area contributed by atoms with Crippen molar-refractivity contribution in [1.29, 1.82) is 0 Å². The van der Waals surface area contributed by atoms with E-state index in [1.54, 1.807) is 22.5 Å². The molecule has 1 saturated heterocycles. The van der Waals surface area contributed by atoms with Crippen LogP contribution in [-0.4, -0.2) is 42.5 Å². The zero-order chi connectivity index (χ0) is 16.9. The normalized spacial score (nSPS) is 17.6. The van der Waals surface area contributed by atoms with Gasteiger partial charge in [0.05, 0.1) is 18.3 Å². The summed E-state index contributed by atoms with van der Waals surface area (Å²) in [5.74, 6) is 0.922. The molecule has 6 heteroatoms. The highest BCUT2D eigenvalue weighted by Crippen LogP contribution is 2.26. The lowest BCUT2D eigenvalue weighted by atomic mass is 10.2. The molecule has 0 bridgehead atoms. The second-order valence-electron chi connectivity index (χ2n) is 6.26. The monoisotopic (exact) mass is 347 g/mol. The summed E-state index contributed by atoms with van der Waals surface area (Å²) in [4.78, 5) is 17.9. The number of nitrogens with zero attached hydrogens (tertiary/aromatic N) is 2. The van der Waals surface area contributed by atoms with Gasteiger partial charge in [0, 0.05) is 18.5 Å². The Kier molecular flexibility index (Phi) is 5.58. The second-order valence-corrected chi connectivity index (χ2v) is 7.24. The lowest BCUT2D eigenvalue weighted by molar-refractivity contribution is 0.179. The van der Waals surface area contributed by atoms with Crippen LogP contribution in [0.4, 0.5) is 4.79 Å². The fraction of sp³-hybridized carbons (Fsp3) is 0.500. The van der Waals surface area contributed by atoms with Crippen molar-refractivity contribution >= 4 is 17.4 Å². The van der Waals surface area contributed by atoms with Gasteiger partial charge in [-0.3, -0.25) is 4.90 Å². The molecule has 2 aromatic heterocycles. The Labute approximate surface area is 147 Å². The minimum absolute atomic E-state index is 0.0494. The van der Waals surface area contributed by atoms with Crippen LogP contribution in [-0.2, 0) is 0 Å². The number of thiophene rings is 1. The first-order chi connectivity index (χ1) is 11.7. The zero-order valence-electron chi connectivity index (χ0n) is 14.3. The molecule has 5 nitrogen and oxygen atoms in total. The molecule has 0 spiro atoms. The highest BCUT2D eigenvalue weighted by molar-refractivity contribution is 7.10. The first-order valence-corrected chi connectivity index (χ1v) is 9.36. The quantitative estimate of drug-likeness (QED) is 0.863. The molecule has 3 heterocycles. The van der Waals surface area contributed by atoms with E-state index >= 15 is 0 Å². The van der Waals surface area contributed by atoms with E-state index in [1.807, 2.05) is 30.6 Å². The Morgan fingerprint density at radius 2 is 2.17 bits per heavy atom. The van der Waals surface area contributed by atoms with Crippen molar-refractivity contribution in [3.8, 4) is 0 Å². The van der Waals surface area contributed by atoms with Crippen molar-refractivity contribution in [3.63, 3.8) is 0 Å². The average molecular weight is 347 g/mol. The molecular weight excluding hydrogens is 322 g/mol. The van der Waals surface area contributed by atoms with Gasteiger partial charge < -0.3 is 14.6 Å². The van der Waals surface area contributed by atoms with Crippen LogP contribution in [0, 0.1) is 0 Å². The van der Waals surface area contributed by atoms with Gasteiger partial charge in [0.1, 0.15) is 5.76 Å². The predicted molar refractivity (Wildman–Crippen MR) is 96.2 cm³/mol. The fourth-order valence-electron chi connectivity index (χ4n) is 3.15. The van der Waals surface area contributed by atoms with E-state index in [0.29, 0.717) is 6.54 Å². The third-order valence-corrected chi connectivity index (χ3v) is 5.80. The van der Waals surface area contributed by atoms with Crippen LogP contribution in [0.25, 0.3) is 0 Å². The summed E-state index contributed by atoms with van der Waals surface area (Å²) < 4.78 is 5.60. The average Bonchev–Trinajstić information content (AvgIpc) is 3.36. The van der Waals surface area contributed by atoms with Crippen LogP contribution in [0.1, 0.15) is 42.5 Å². The molecule has 1 N–H and O–H groups in total. The standard InChI is InChI=1S/C18H25N3O2S/c1-14(17-8-6-12-24-17)20(2)18(22)19-13-15(16-7-5-11-23-16)21-9-3-4-10-21/h5-8,11-12,14-15H,3-4,9-10,13H2,1-2H3,(H,19,22)/t14-,15+/m0/s1. The Hall–Kier alpha value is -1.79. The SMILES string of the molecule is C[C@@H](c1cccs1)N(C)C(=O)NC[C@H](c1ccco1)N1CCCC1. The van der Waals surface area contributed by atoms with Crippen molar-refractivity contribution in [2.45, 2.75) is 31.8 Å². The maximum atomic E-state index is 12.5. The number of hydrogen-bond donors (Lipinski definition) is 1. The van der Waals surface area contributed by atoms with E-state index in [9.17, 15) is 4.79 Å². The van der Waals surface area contributed by atoms with Crippen LogP contribution in [0.3, 0.4) is 0 Å². The van der Waals surface area contributed by atoms with Gasteiger partial charge in [0.15, 0.2) is 0 Å². The Morgan fingerprint density at radius 3 is 2.79 bits per heavy atom. The third-order valence-electron chi connectivity index (χ3n) is 4.76. The Morgan fingerprint density at radius 1 is 1.38 bits per heavy atom. The number of hydrogen-bond acceptors (Lipinski definition) is 4. The smallest absolute Gasteiger partial charge is 0.317 e. The van der Waals surface area contributed by atoms with E-state index in [2.05, 4.69) is 23.2 Å². The predicted octanol–water partition coefficient (Wildman–Crippen LogP) is 3.88. The van der Waals surface area contributed by atoms with E-state index in [1.165, 1.54) is 17.7 Å². The number of urea groups is 1. The summed E-state index contributed by atoms with van der Waals surface area (Å²) in [5, 5.41) is 5.12. The Bertz CT molecular complexity index is 621. The molecule has 1 fully saturated rings. The van der Waals surface area contributed by atoms with Gasteiger partial charge in [-0.1, -0.05) is 6.07 Å². The summed E-state index contributed by atoms with van der Waals surface area (Å²) in [5.41, 5.74) is 0. The van der Waals surface area contributed by atoms with Gasteiger partial charge in [-0.25, -0.2) is 4.79 Å². The highest BCUT2D eigenvalue weighted by Gasteiger charge is 2.27. The number of nitrogens with one attached hydrogen (secondary N) is 1. The van der Waals surface area contributed by atoms with Gasteiger partial charge in [0.2, 0.25) is 0 Å². The molecule has 2 amide bonds. The molecule has 1 aliphatic rings. The zero-order valence-corrected chi connectivity index (χ0v) is 15.1. The molecule has 24 heavy (non-hydrogen) atoms. The molecule has 0 aliphatic carbocycles. The number of carbonyl (C=O) groups excluding carboxylic acids is 1. The van der Waals surface area contributed by atoms with Gasteiger partial charge in [0.25, 0.3) is 0 Å². The minimum Gasteiger partial charge on any atom is -0.468 e. The summed E-state index contributed by atoms with van der Waals surface area (Å²) in [6.45, 7) is 4.73. The summed E-state index contributed by atoms with van der Waals surface area (Å²) in [6.07, 6.45) is 4.12. The molecule has 0 unspecified atom stereocenters. The topological polar surface area (TPSA) is 48.7 Å². The van der Waals surface area contributed by atoms with Crippen LogP contribution in [0.5, 0.6) is 0 Å². The van der Waals surface area contributed by atoms with Crippen molar-refractivity contribution < 1.29 is 9.21 Å². The number of amides is 2. The minimum atomic E-state index is -0.0494. The van der Waals surface area contributed by atoms with Gasteiger partial charge in [-0.15, -0.1) is 11.3 Å². The Balaban J connectivity index is 1.60. The molecule has 2 aromatic rings. The van der Waals surface area contributed by atoms with E-state index in [0.717, 1.165) is 18.8 Å². The lowest BCUT2D eigenvalue weighted by Gasteiger charge is -2.29. The van der Waals surface area contributed by atoms with Crippen molar-refractivity contribution in [1.82, 2.24) is 15.1 Å². The number of rotatable bonds is 6. The third kappa shape index (κ3) is 3.82. The van der Waals surface area contributed by atoms with Gasteiger partial charge >= 0.3 is 6.03 Å². The van der Waals surface area contributed by atoms with Crippen molar-refractivity contribution in [3.05, 3.63) is 46.5 Å². The van der Waals surface area contributed by atoms with E-state index in [4.69, 9.17) is 4.42 Å². The molecule has 130 valence electrons. The summed E-state index contributed by atoms with van der Waals surface area (Å²) in [6, 6.07) is 8.11. The largest absolute Gasteiger partial charge is 0.468 e. The van der Waals surface area contributed by atoms with E-state index < -0.39 is 0 Å². The van der Waals surface area contributed by atoms with Crippen LogP contribution in [0.2, 0.25) is 0 Å². The van der Waals surface area contributed by atoms with Gasteiger partial charge in [-0.05, 0) is 56.4 Å². The van der Waals surface area contributed by atoms with Crippen LogP contribution < -0.4 is 5.32 Å². The molecule has 0 aromatic carbocycles. The van der Waals surface area contributed by atoms with Crippen LogP contribution in [0.15, 0.2) is 40.3 Å². The lowest BCUT2D eigenvalue weighted by Crippen LogP contribution is -2.43. The molecule has 2 atom stereocenters. The maximum absolute atomic E-state index is 12.5. The second kappa shape index (κ2) is 7.85. The molecule has 1 aliphatic heterocycles. The summed E-state index contributed by atoms with van der Waals surface area (Å²) >= 11 is 1.67. The maximum Gasteiger partial charge on any atom is 0.317 e. The van der Waals surface area contributed by atoms with E-state index in [-0.39, 0.29) is 18.1 Å². The number of likely N-dealkylation sites (tertiary alicyclic amines) is 1. The first-order valence-electron chi connectivity index (χ1n) is 8.48. The molecular formula is C18H25N3O2S. The number of carbonyl (C=O) groups is 1. The summed E-state index contributed by atoms with van der Waals surface area (Å²) in [7, 11) is 1.84.